The van der Waals surface area contributed by atoms with Gasteiger partial charge in [0.25, 0.3) is 5.91 Å². The van der Waals surface area contributed by atoms with Gasteiger partial charge in [-0.1, -0.05) is 6.42 Å². The van der Waals surface area contributed by atoms with Crippen LogP contribution in [0.5, 0.6) is 0 Å². The Hall–Kier alpha value is -1.99. The molecule has 0 aromatic carbocycles. The Morgan fingerprint density at radius 2 is 1.89 bits per heavy atom. The van der Waals surface area contributed by atoms with Crippen LogP contribution in [0.25, 0.3) is 0 Å². The van der Waals surface area contributed by atoms with Crippen molar-refractivity contribution < 1.29 is 14.3 Å². The average Bonchev–Trinajstić information content (AvgIpc) is 2.59. The van der Waals surface area contributed by atoms with Gasteiger partial charge < -0.3 is 15.4 Å². The van der Waals surface area contributed by atoms with Gasteiger partial charge in [-0.15, -0.1) is 0 Å². The maximum Gasteiger partial charge on any atom is 0.267 e. The second-order valence-corrected chi connectivity index (χ2v) is 8.15. The quantitative estimate of drug-likeness (QED) is 0.851. The fourth-order valence-corrected chi connectivity index (χ4v) is 5.44. The number of piperidine rings is 1. The van der Waals surface area contributed by atoms with E-state index >= 15 is 0 Å². The zero-order chi connectivity index (χ0) is 19.2. The van der Waals surface area contributed by atoms with E-state index in [-0.39, 0.29) is 5.91 Å². The van der Waals surface area contributed by atoms with Gasteiger partial charge in [-0.3, -0.25) is 19.5 Å². The van der Waals surface area contributed by atoms with Gasteiger partial charge in [0.1, 0.15) is 11.3 Å². The summed E-state index contributed by atoms with van der Waals surface area (Å²) in [6, 6.07) is 4.23. The number of carbonyl (C=O) groups excluding carboxylic acids is 2. The molecule has 2 saturated heterocycles. The molecule has 7 nitrogen and oxygen atoms in total. The van der Waals surface area contributed by atoms with Gasteiger partial charge in [-0.2, -0.15) is 0 Å². The van der Waals surface area contributed by atoms with Gasteiger partial charge in [0.2, 0.25) is 5.91 Å². The summed E-state index contributed by atoms with van der Waals surface area (Å²) in [6.07, 6.45) is 5.05. The first kappa shape index (κ1) is 18.4. The number of aromatic nitrogens is 1. The minimum absolute atomic E-state index is 0.158. The van der Waals surface area contributed by atoms with Crippen LogP contribution in [-0.4, -0.2) is 65.9 Å². The summed E-state index contributed by atoms with van der Waals surface area (Å²) in [7, 11) is 1.78. The SMILES string of the molecule is CO[C@@]1(c2ccnc(C(N)=O)c2)[C@@H]2CCC[C@H]1CN(C1CN(C(C)=O)C1)C2. The van der Waals surface area contributed by atoms with Gasteiger partial charge in [-0.25, -0.2) is 0 Å². The van der Waals surface area contributed by atoms with E-state index in [1.807, 2.05) is 17.0 Å². The predicted molar refractivity (Wildman–Crippen MR) is 99.9 cm³/mol. The molecule has 3 fully saturated rings. The van der Waals surface area contributed by atoms with Crippen LogP contribution in [0.4, 0.5) is 0 Å². The highest BCUT2D eigenvalue weighted by Crippen LogP contribution is 2.52. The van der Waals surface area contributed by atoms with Crippen LogP contribution in [-0.2, 0) is 15.1 Å². The smallest absolute Gasteiger partial charge is 0.267 e. The van der Waals surface area contributed by atoms with Crippen LogP contribution >= 0.6 is 0 Å². The van der Waals surface area contributed by atoms with Crippen LogP contribution < -0.4 is 5.73 Å². The molecule has 1 aliphatic carbocycles. The topological polar surface area (TPSA) is 88.8 Å². The van der Waals surface area contributed by atoms with Gasteiger partial charge in [0, 0.05) is 64.3 Å². The Kier molecular flexibility index (Phi) is 4.68. The van der Waals surface area contributed by atoms with Crippen molar-refractivity contribution in [3.05, 3.63) is 29.6 Å². The van der Waals surface area contributed by atoms with E-state index in [1.165, 1.54) is 6.42 Å². The van der Waals surface area contributed by atoms with E-state index in [2.05, 4.69) is 9.88 Å². The molecule has 3 atom stereocenters. The number of amides is 2. The Morgan fingerprint density at radius 3 is 2.44 bits per heavy atom. The lowest BCUT2D eigenvalue weighted by atomic mass is 9.62. The van der Waals surface area contributed by atoms with Crippen molar-refractivity contribution in [1.29, 1.82) is 0 Å². The summed E-state index contributed by atoms with van der Waals surface area (Å²) >= 11 is 0. The van der Waals surface area contributed by atoms with Crippen molar-refractivity contribution in [1.82, 2.24) is 14.8 Å². The predicted octanol–water partition coefficient (Wildman–Crippen LogP) is 0.985. The summed E-state index contributed by atoms with van der Waals surface area (Å²) in [5.74, 6) is 0.351. The van der Waals surface area contributed by atoms with Crippen LogP contribution in [0, 0.1) is 11.8 Å². The Morgan fingerprint density at radius 1 is 1.22 bits per heavy atom. The normalized spacial score (nSPS) is 31.4. The molecule has 146 valence electrons. The molecule has 2 aliphatic heterocycles. The van der Waals surface area contributed by atoms with Crippen molar-refractivity contribution in [2.75, 3.05) is 33.3 Å². The first-order valence-electron chi connectivity index (χ1n) is 9.76. The van der Waals surface area contributed by atoms with Crippen LogP contribution in [0.15, 0.2) is 18.3 Å². The molecule has 4 rings (SSSR count). The van der Waals surface area contributed by atoms with Gasteiger partial charge >= 0.3 is 0 Å². The number of fused-ring (bicyclic) bond motifs is 2. The zero-order valence-corrected chi connectivity index (χ0v) is 16.1. The number of rotatable bonds is 4. The Balaban J connectivity index is 1.60. The number of ether oxygens (including phenoxy) is 1. The minimum Gasteiger partial charge on any atom is -0.373 e. The zero-order valence-electron chi connectivity index (χ0n) is 16.1. The number of carbonyl (C=O) groups is 2. The highest BCUT2D eigenvalue weighted by molar-refractivity contribution is 5.90. The van der Waals surface area contributed by atoms with Crippen molar-refractivity contribution >= 4 is 11.8 Å². The summed E-state index contributed by atoms with van der Waals surface area (Å²) < 4.78 is 6.23. The number of nitrogens with zero attached hydrogens (tertiary/aromatic N) is 3. The number of pyridine rings is 1. The first-order valence-corrected chi connectivity index (χ1v) is 9.76. The van der Waals surface area contributed by atoms with Crippen LogP contribution in [0.1, 0.15) is 42.2 Å². The van der Waals surface area contributed by atoms with Crippen molar-refractivity contribution in [3.8, 4) is 0 Å². The summed E-state index contributed by atoms with van der Waals surface area (Å²) in [5.41, 5.74) is 6.37. The summed E-state index contributed by atoms with van der Waals surface area (Å²) in [6.45, 7) is 5.20. The number of likely N-dealkylation sites (tertiary alicyclic amines) is 2. The molecule has 0 unspecified atom stereocenters. The van der Waals surface area contributed by atoms with Crippen molar-refractivity contribution in [2.24, 2.45) is 17.6 Å². The third-order valence-electron chi connectivity index (χ3n) is 6.85. The lowest BCUT2D eigenvalue weighted by Gasteiger charge is -2.58. The van der Waals surface area contributed by atoms with Crippen LogP contribution in [0.2, 0.25) is 0 Å². The van der Waals surface area contributed by atoms with Gasteiger partial charge in [-0.05, 0) is 30.5 Å². The van der Waals surface area contributed by atoms with Crippen molar-refractivity contribution in [3.63, 3.8) is 0 Å². The number of nitrogens with two attached hydrogens (primary N) is 1. The Labute approximate surface area is 159 Å². The Bertz CT molecular complexity index is 732. The number of hydrogen-bond acceptors (Lipinski definition) is 5. The molecule has 1 aromatic rings. The standard InChI is InChI=1S/C20H28N4O3/c1-13(25)23-11-17(12-23)24-9-15-4-3-5-16(10-24)20(15,27-2)14-6-7-22-18(8-14)19(21)26/h6-8,15-17H,3-5,9-12H2,1-2H3,(H2,21,26)/t15-,16+,20+. The molecule has 3 heterocycles. The van der Waals surface area contributed by atoms with E-state index in [1.54, 1.807) is 20.2 Å². The number of methoxy groups -OCH3 is 1. The third-order valence-corrected chi connectivity index (χ3v) is 6.85. The monoisotopic (exact) mass is 372 g/mol. The molecular weight excluding hydrogens is 344 g/mol. The van der Waals surface area contributed by atoms with E-state index in [0.29, 0.717) is 23.6 Å². The lowest BCUT2D eigenvalue weighted by Crippen LogP contribution is -2.67. The number of primary amides is 1. The highest BCUT2D eigenvalue weighted by atomic mass is 16.5. The molecule has 2 amide bonds. The molecule has 0 radical (unpaired) electrons. The fraction of sp³-hybridized carbons (Fsp3) is 0.650. The van der Waals surface area contributed by atoms with E-state index in [9.17, 15) is 9.59 Å². The average molecular weight is 372 g/mol. The molecule has 1 aromatic heterocycles. The molecule has 1 saturated carbocycles. The lowest BCUT2D eigenvalue weighted by molar-refractivity contribution is -0.182. The molecule has 2 N–H and O–H groups in total. The van der Waals surface area contributed by atoms with E-state index in [4.69, 9.17) is 10.5 Å². The molecular formula is C20H28N4O3. The molecule has 7 heteroatoms. The van der Waals surface area contributed by atoms with E-state index in [0.717, 1.165) is 44.6 Å². The maximum atomic E-state index is 11.6. The molecule has 0 spiro atoms. The summed E-state index contributed by atoms with van der Waals surface area (Å²) in [4.78, 5) is 31.7. The molecule has 3 aliphatic rings. The van der Waals surface area contributed by atoms with Crippen molar-refractivity contribution in [2.45, 2.75) is 37.8 Å². The highest BCUT2D eigenvalue weighted by Gasteiger charge is 2.54. The first-order chi connectivity index (χ1) is 13.0. The molecule has 2 bridgehead atoms. The minimum atomic E-state index is -0.510. The van der Waals surface area contributed by atoms with Crippen LogP contribution in [0.3, 0.4) is 0 Å². The molecule has 27 heavy (non-hydrogen) atoms. The maximum absolute atomic E-state index is 11.6. The van der Waals surface area contributed by atoms with Gasteiger partial charge in [0.15, 0.2) is 0 Å². The number of hydrogen-bond donors (Lipinski definition) is 1. The van der Waals surface area contributed by atoms with E-state index < -0.39 is 11.5 Å². The fourth-order valence-electron chi connectivity index (χ4n) is 5.44. The second-order valence-electron chi connectivity index (χ2n) is 8.15. The summed E-state index contributed by atoms with van der Waals surface area (Å²) in [5, 5.41) is 0. The second kappa shape index (κ2) is 6.87. The largest absolute Gasteiger partial charge is 0.373 e. The third kappa shape index (κ3) is 2.93. The van der Waals surface area contributed by atoms with Gasteiger partial charge in [0.05, 0.1) is 0 Å².